The van der Waals surface area contributed by atoms with Crippen molar-refractivity contribution in [2.45, 2.75) is 4.90 Å². The minimum Gasteiger partial charge on any atom is -0.379 e. The molecule has 0 spiro atoms. The second-order valence-electron chi connectivity index (χ2n) is 6.04. The van der Waals surface area contributed by atoms with Crippen LogP contribution in [0.2, 0.25) is 5.02 Å². The number of benzene rings is 2. The average molecular weight is 425 g/mol. The maximum atomic E-state index is 13.2. The van der Waals surface area contributed by atoms with Crippen LogP contribution in [0.15, 0.2) is 53.4 Å². The number of carbonyl (C=O) groups is 1. The van der Waals surface area contributed by atoms with Crippen molar-refractivity contribution < 1.29 is 22.3 Å². The van der Waals surface area contributed by atoms with Crippen LogP contribution in [-0.4, -0.2) is 44.9 Å². The van der Waals surface area contributed by atoms with Gasteiger partial charge in [-0.1, -0.05) is 23.7 Å². The third-order valence-corrected chi connectivity index (χ3v) is 6.44. The number of anilines is 1. The van der Waals surface area contributed by atoms with Crippen LogP contribution in [0.4, 0.5) is 10.1 Å². The Kier molecular flexibility index (Phi) is 6.46. The molecule has 1 heterocycles. The number of hydrogen-bond acceptors (Lipinski definition) is 4. The molecule has 2 aromatic rings. The van der Waals surface area contributed by atoms with E-state index in [0.717, 1.165) is 0 Å². The van der Waals surface area contributed by atoms with Crippen LogP contribution >= 0.6 is 11.6 Å². The molecule has 0 unspecified atom stereocenters. The highest BCUT2D eigenvalue weighted by molar-refractivity contribution is 7.89. The number of hydrogen-bond donors (Lipinski definition) is 1. The number of nitrogens with one attached hydrogen (secondary N) is 1. The number of halogens is 2. The lowest BCUT2D eigenvalue weighted by molar-refractivity contribution is -0.111. The first-order valence-corrected chi connectivity index (χ1v) is 10.3. The van der Waals surface area contributed by atoms with Crippen LogP contribution in [0.5, 0.6) is 0 Å². The first-order chi connectivity index (χ1) is 13.4. The Hall–Kier alpha value is -2.26. The van der Waals surface area contributed by atoms with E-state index in [2.05, 4.69) is 5.32 Å². The highest BCUT2D eigenvalue weighted by Gasteiger charge is 2.28. The topological polar surface area (TPSA) is 75.7 Å². The van der Waals surface area contributed by atoms with Gasteiger partial charge in [0.15, 0.2) is 0 Å². The molecule has 1 aliphatic rings. The Morgan fingerprint density at radius 1 is 1.18 bits per heavy atom. The van der Waals surface area contributed by atoms with E-state index in [1.807, 2.05) is 0 Å². The molecule has 3 rings (SSSR count). The Bertz CT molecular complexity index is 1000. The largest absolute Gasteiger partial charge is 0.379 e. The summed E-state index contributed by atoms with van der Waals surface area (Å²) in [6, 6.07) is 10.0. The van der Waals surface area contributed by atoms with E-state index in [0.29, 0.717) is 18.8 Å². The molecule has 9 heteroatoms. The molecule has 1 aliphatic heterocycles. The zero-order valence-corrected chi connectivity index (χ0v) is 16.3. The van der Waals surface area contributed by atoms with Crippen LogP contribution in [0.1, 0.15) is 5.56 Å². The minimum atomic E-state index is -3.80. The monoisotopic (exact) mass is 424 g/mol. The lowest BCUT2D eigenvalue weighted by Gasteiger charge is -2.26. The van der Waals surface area contributed by atoms with Crippen molar-refractivity contribution in [1.82, 2.24) is 4.31 Å². The Morgan fingerprint density at radius 3 is 2.64 bits per heavy atom. The maximum absolute atomic E-state index is 13.2. The number of morpholine rings is 1. The fraction of sp³-hybridized carbons (Fsp3) is 0.211. The molecule has 1 amide bonds. The van der Waals surface area contributed by atoms with Crippen LogP contribution in [0, 0.1) is 5.82 Å². The summed E-state index contributed by atoms with van der Waals surface area (Å²) >= 11 is 6.09. The van der Waals surface area contributed by atoms with Crippen molar-refractivity contribution in [3.63, 3.8) is 0 Å². The predicted octanol–water partition coefficient (Wildman–Crippen LogP) is 3.15. The number of carbonyl (C=O) groups excluding carboxylic acids is 1. The van der Waals surface area contributed by atoms with Gasteiger partial charge in [-0.3, -0.25) is 4.79 Å². The Labute approximate surface area is 167 Å². The number of amides is 1. The highest BCUT2D eigenvalue weighted by Crippen LogP contribution is 2.28. The van der Waals surface area contributed by atoms with E-state index >= 15 is 0 Å². The Morgan fingerprint density at radius 2 is 1.93 bits per heavy atom. The quantitative estimate of drug-likeness (QED) is 0.748. The number of nitrogens with zero attached hydrogens (tertiary/aromatic N) is 1. The van der Waals surface area contributed by atoms with Crippen LogP contribution in [0.25, 0.3) is 6.08 Å². The van der Waals surface area contributed by atoms with Crippen LogP contribution < -0.4 is 5.32 Å². The third-order valence-electron chi connectivity index (χ3n) is 4.06. The predicted molar refractivity (Wildman–Crippen MR) is 105 cm³/mol. The van der Waals surface area contributed by atoms with E-state index in [9.17, 15) is 17.6 Å². The standard InChI is InChI=1S/C19H18ClFN2O4S/c20-17-6-5-16(13-18(17)28(25,26)23-8-10-27-11-9-23)22-19(24)7-4-14-2-1-3-15(21)12-14/h1-7,12-13H,8-11H2,(H,22,24)/b7-4+. The maximum Gasteiger partial charge on any atom is 0.248 e. The summed E-state index contributed by atoms with van der Waals surface area (Å²) in [5.41, 5.74) is 0.812. The van der Waals surface area contributed by atoms with Crippen molar-refractivity contribution >= 4 is 39.3 Å². The SMILES string of the molecule is O=C(/C=C/c1cccc(F)c1)Nc1ccc(Cl)c(S(=O)(=O)N2CCOCC2)c1. The summed E-state index contributed by atoms with van der Waals surface area (Å²) in [6.07, 6.45) is 2.69. The molecule has 0 atom stereocenters. The average Bonchev–Trinajstić information content (AvgIpc) is 2.68. The molecule has 148 valence electrons. The molecular weight excluding hydrogens is 407 g/mol. The second kappa shape index (κ2) is 8.83. The van der Waals surface area contributed by atoms with Crippen LogP contribution in [0.3, 0.4) is 0 Å². The molecule has 28 heavy (non-hydrogen) atoms. The number of rotatable bonds is 5. The molecule has 1 N–H and O–H groups in total. The first-order valence-electron chi connectivity index (χ1n) is 8.48. The highest BCUT2D eigenvalue weighted by atomic mass is 35.5. The molecule has 2 aromatic carbocycles. The Balaban J connectivity index is 1.76. The minimum absolute atomic E-state index is 0.0693. The summed E-state index contributed by atoms with van der Waals surface area (Å²) < 4.78 is 45.3. The molecule has 0 saturated carbocycles. The van der Waals surface area contributed by atoms with Crippen molar-refractivity contribution in [2.75, 3.05) is 31.6 Å². The summed E-state index contributed by atoms with van der Waals surface area (Å²) in [5.74, 6) is -0.889. The first kappa shape index (κ1) is 20.5. The summed E-state index contributed by atoms with van der Waals surface area (Å²) in [7, 11) is -3.80. The lowest BCUT2D eigenvalue weighted by Crippen LogP contribution is -2.40. The molecule has 6 nitrogen and oxygen atoms in total. The molecule has 0 bridgehead atoms. The number of ether oxygens (including phenoxy) is 1. The van der Waals surface area contributed by atoms with Gasteiger partial charge in [0.2, 0.25) is 15.9 Å². The van der Waals surface area contributed by atoms with Crippen LogP contribution in [-0.2, 0) is 19.6 Å². The van der Waals surface area contributed by atoms with Gasteiger partial charge in [-0.25, -0.2) is 12.8 Å². The van der Waals surface area contributed by atoms with Gasteiger partial charge in [0, 0.05) is 24.9 Å². The summed E-state index contributed by atoms with van der Waals surface area (Å²) in [6.45, 7) is 1.12. The molecule has 1 fully saturated rings. The van der Waals surface area contributed by atoms with Crippen molar-refractivity contribution in [3.8, 4) is 0 Å². The van der Waals surface area contributed by atoms with Gasteiger partial charge in [-0.2, -0.15) is 4.31 Å². The van der Waals surface area contributed by atoms with Crippen molar-refractivity contribution in [3.05, 3.63) is 64.9 Å². The summed E-state index contributed by atoms with van der Waals surface area (Å²) in [4.78, 5) is 12.0. The zero-order chi connectivity index (χ0) is 20.1. The smallest absolute Gasteiger partial charge is 0.248 e. The van der Waals surface area contributed by atoms with E-state index in [1.165, 1.54) is 52.9 Å². The van der Waals surface area contributed by atoms with E-state index in [-0.39, 0.29) is 28.7 Å². The van der Waals surface area contributed by atoms with Gasteiger partial charge >= 0.3 is 0 Å². The van der Waals surface area contributed by atoms with Gasteiger partial charge in [0.25, 0.3) is 0 Å². The molecule has 0 aliphatic carbocycles. The van der Waals surface area contributed by atoms with E-state index in [1.54, 1.807) is 6.07 Å². The molecule has 0 radical (unpaired) electrons. The second-order valence-corrected chi connectivity index (χ2v) is 8.35. The fourth-order valence-corrected chi connectivity index (χ4v) is 4.58. The van der Waals surface area contributed by atoms with Crippen molar-refractivity contribution in [1.29, 1.82) is 0 Å². The van der Waals surface area contributed by atoms with E-state index in [4.69, 9.17) is 16.3 Å². The van der Waals surface area contributed by atoms with Gasteiger partial charge in [0.1, 0.15) is 10.7 Å². The van der Waals surface area contributed by atoms with Gasteiger partial charge < -0.3 is 10.1 Å². The normalized spacial score (nSPS) is 15.6. The zero-order valence-electron chi connectivity index (χ0n) is 14.8. The molecule has 0 aromatic heterocycles. The van der Waals surface area contributed by atoms with Gasteiger partial charge in [-0.05, 0) is 42.0 Å². The third kappa shape index (κ3) is 4.96. The van der Waals surface area contributed by atoms with Gasteiger partial charge in [0.05, 0.1) is 18.2 Å². The fourth-order valence-electron chi connectivity index (χ4n) is 2.67. The summed E-state index contributed by atoms with van der Waals surface area (Å²) in [5, 5.41) is 2.65. The number of sulfonamides is 1. The van der Waals surface area contributed by atoms with Gasteiger partial charge in [-0.15, -0.1) is 0 Å². The molecule has 1 saturated heterocycles. The van der Waals surface area contributed by atoms with Crippen molar-refractivity contribution in [2.24, 2.45) is 0 Å². The van der Waals surface area contributed by atoms with E-state index < -0.39 is 21.7 Å². The lowest BCUT2D eigenvalue weighted by atomic mass is 10.2. The molecular formula is C19H18ClFN2O4S.